The molecule has 10 nitrogen and oxygen atoms in total. The quantitative estimate of drug-likeness (QED) is 0.0642. The lowest BCUT2D eigenvalue weighted by Crippen LogP contribution is -2.34. The third kappa shape index (κ3) is 14.1. The molecule has 0 aromatic carbocycles. The average molecular weight is 699 g/mol. The zero-order valence-corrected chi connectivity index (χ0v) is 29.9. The second-order valence-electron chi connectivity index (χ2n) is 11.0. The first-order chi connectivity index (χ1) is 22.8. The lowest BCUT2D eigenvalue weighted by molar-refractivity contribution is -0.144. The summed E-state index contributed by atoms with van der Waals surface area (Å²) in [4.78, 5) is 39.1. The van der Waals surface area contributed by atoms with Crippen molar-refractivity contribution >= 4 is 62.5 Å². The fraction of sp³-hybridized carbons (Fsp3) is 0.500. The van der Waals surface area contributed by atoms with Gasteiger partial charge in [-0.15, -0.1) is 20.4 Å². The zero-order valence-electron chi connectivity index (χ0n) is 27.4. The maximum Gasteiger partial charge on any atom is 0.307 e. The van der Waals surface area contributed by atoms with Crippen molar-refractivity contribution < 1.29 is 19.1 Å². The predicted octanol–water partition coefficient (Wildman–Crippen LogP) is 7.64. The van der Waals surface area contributed by atoms with E-state index in [0.717, 1.165) is 33.5 Å². The van der Waals surface area contributed by atoms with E-state index in [4.69, 9.17) is 4.74 Å². The van der Waals surface area contributed by atoms with Crippen LogP contribution >= 0.6 is 34.4 Å². The number of allylic oxidation sites excluding steroid dienone is 6. The van der Waals surface area contributed by atoms with Crippen LogP contribution < -0.4 is 10.2 Å². The van der Waals surface area contributed by atoms with Gasteiger partial charge >= 0.3 is 5.97 Å². The van der Waals surface area contributed by atoms with E-state index in [-0.39, 0.29) is 37.4 Å². The van der Waals surface area contributed by atoms with Crippen molar-refractivity contribution in [2.24, 2.45) is 5.92 Å². The molecule has 3 rings (SSSR count). The van der Waals surface area contributed by atoms with E-state index in [0.29, 0.717) is 41.0 Å². The van der Waals surface area contributed by atoms with Gasteiger partial charge in [-0.3, -0.25) is 19.3 Å². The van der Waals surface area contributed by atoms with Crippen molar-refractivity contribution in [3.8, 4) is 0 Å². The van der Waals surface area contributed by atoms with Gasteiger partial charge in [0, 0.05) is 19.3 Å². The Morgan fingerprint density at radius 3 is 2.40 bits per heavy atom. The van der Waals surface area contributed by atoms with Crippen LogP contribution in [0.2, 0.25) is 0 Å². The standard InChI is InChI=1S/C34H46N6O4S3/c1-5-12-25(7-3)23-31(42)40(24-44-32(43)13-6-2)34-39-37-30(47-34)19-21-45-20-18-29-36-38-33(46-29)35-28(41)22-26(8-4)16-17-27-14-10-9-11-15-27/h5,7-8,12,16-17,27H,1,3,6,9-11,13-15,18-24H2,2,4H3,(H,35,38,41)/b17-16-,25-12+,26-8+. The summed E-state index contributed by atoms with van der Waals surface area (Å²) in [6, 6.07) is 0. The van der Waals surface area contributed by atoms with Gasteiger partial charge in [0.05, 0.1) is 12.8 Å². The van der Waals surface area contributed by atoms with Crippen molar-refractivity contribution in [3.63, 3.8) is 0 Å². The summed E-state index contributed by atoms with van der Waals surface area (Å²) in [5.41, 5.74) is 1.70. The average Bonchev–Trinajstić information content (AvgIpc) is 3.72. The summed E-state index contributed by atoms with van der Waals surface area (Å²) in [6.45, 7) is 11.1. The number of aryl methyl sites for hydroxylation is 2. The molecule has 1 saturated carbocycles. The van der Waals surface area contributed by atoms with Crippen molar-refractivity contribution in [2.75, 3.05) is 28.5 Å². The van der Waals surface area contributed by atoms with Gasteiger partial charge < -0.3 is 10.1 Å². The monoisotopic (exact) mass is 698 g/mol. The summed E-state index contributed by atoms with van der Waals surface area (Å²) in [7, 11) is 0. The molecular formula is C34H46N6O4S3. The summed E-state index contributed by atoms with van der Waals surface area (Å²) >= 11 is 4.46. The van der Waals surface area contributed by atoms with Crippen LogP contribution in [0, 0.1) is 5.92 Å². The zero-order chi connectivity index (χ0) is 33.9. The number of nitrogens with one attached hydrogen (secondary N) is 1. The molecule has 0 saturated heterocycles. The topological polar surface area (TPSA) is 127 Å². The van der Waals surface area contributed by atoms with E-state index in [2.05, 4.69) is 51.0 Å². The maximum absolute atomic E-state index is 13.1. The number of rotatable bonds is 20. The highest BCUT2D eigenvalue weighted by Gasteiger charge is 2.22. The number of anilines is 2. The molecule has 0 unspecified atom stereocenters. The predicted molar refractivity (Wildman–Crippen MR) is 194 cm³/mol. The number of hydrogen-bond acceptors (Lipinski definition) is 11. The first kappa shape index (κ1) is 38.0. The van der Waals surface area contributed by atoms with Gasteiger partial charge in [-0.1, -0.05) is 98.5 Å². The molecule has 1 N–H and O–H groups in total. The molecule has 47 heavy (non-hydrogen) atoms. The molecule has 1 aliphatic carbocycles. The highest BCUT2D eigenvalue weighted by atomic mass is 32.2. The van der Waals surface area contributed by atoms with Gasteiger partial charge in [-0.25, -0.2) is 0 Å². The molecule has 0 aliphatic heterocycles. The van der Waals surface area contributed by atoms with E-state index in [1.807, 2.05) is 19.9 Å². The van der Waals surface area contributed by atoms with E-state index < -0.39 is 0 Å². The molecule has 0 spiro atoms. The Labute approximate surface area is 290 Å². The van der Waals surface area contributed by atoms with Gasteiger partial charge in [0.2, 0.25) is 22.1 Å². The van der Waals surface area contributed by atoms with Crippen LogP contribution in [0.25, 0.3) is 0 Å². The minimum absolute atomic E-state index is 0.0666. The van der Waals surface area contributed by atoms with Crippen LogP contribution in [0.4, 0.5) is 10.3 Å². The Morgan fingerprint density at radius 1 is 1.00 bits per heavy atom. The van der Waals surface area contributed by atoms with Gasteiger partial charge in [-0.2, -0.15) is 11.8 Å². The third-order valence-electron chi connectivity index (χ3n) is 7.35. The Hall–Kier alpha value is -3.42. The summed E-state index contributed by atoms with van der Waals surface area (Å²) in [6.07, 6.45) is 20.4. The molecule has 2 aromatic heterocycles. The number of carbonyl (C=O) groups is 3. The Balaban J connectivity index is 1.43. The smallest absolute Gasteiger partial charge is 0.307 e. The molecule has 0 atom stereocenters. The minimum atomic E-state index is -0.373. The molecule has 1 aliphatic rings. The summed E-state index contributed by atoms with van der Waals surface area (Å²) in [5.74, 6) is 1.52. The first-order valence-electron chi connectivity index (χ1n) is 16.1. The SMILES string of the molecule is C=C/C=C(\C=C)CC(=O)N(COC(=O)CCC)c1nnc(CCSCCc2nnc(NC(=O)CC(/C=C\C3CCCCC3)=C/C)s2)s1. The van der Waals surface area contributed by atoms with Gasteiger partial charge in [0.1, 0.15) is 10.0 Å². The van der Waals surface area contributed by atoms with Gasteiger partial charge in [-0.05, 0) is 54.8 Å². The van der Waals surface area contributed by atoms with Gasteiger partial charge in [0.15, 0.2) is 6.73 Å². The molecule has 0 bridgehead atoms. The normalized spacial score (nSPS) is 14.3. The number of ether oxygens (including phenoxy) is 1. The van der Waals surface area contributed by atoms with E-state index in [1.54, 1.807) is 30.0 Å². The molecule has 1 fully saturated rings. The number of esters is 1. The summed E-state index contributed by atoms with van der Waals surface area (Å²) < 4.78 is 5.33. The van der Waals surface area contributed by atoms with Gasteiger partial charge in [0.25, 0.3) is 0 Å². The fourth-order valence-electron chi connectivity index (χ4n) is 4.74. The maximum atomic E-state index is 13.1. The van der Waals surface area contributed by atoms with Crippen LogP contribution in [-0.2, 0) is 32.0 Å². The highest BCUT2D eigenvalue weighted by Crippen LogP contribution is 2.26. The van der Waals surface area contributed by atoms with E-state index in [1.165, 1.54) is 59.7 Å². The number of nitrogens with zero attached hydrogens (tertiary/aromatic N) is 5. The van der Waals surface area contributed by atoms with E-state index >= 15 is 0 Å². The number of thioether (sulfide) groups is 1. The van der Waals surface area contributed by atoms with Crippen LogP contribution in [0.5, 0.6) is 0 Å². The van der Waals surface area contributed by atoms with Crippen molar-refractivity contribution in [1.82, 2.24) is 20.4 Å². The molecule has 254 valence electrons. The number of amides is 2. The molecule has 0 radical (unpaired) electrons. The lowest BCUT2D eigenvalue weighted by atomic mass is 9.88. The largest absolute Gasteiger partial charge is 0.444 e. The molecule has 13 heteroatoms. The molecule has 2 amide bonds. The Morgan fingerprint density at radius 2 is 1.72 bits per heavy atom. The third-order valence-corrected chi connectivity index (χ3v) is 10.2. The lowest BCUT2D eigenvalue weighted by Gasteiger charge is -2.19. The second-order valence-corrected chi connectivity index (χ2v) is 14.3. The van der Waals surface area contributed by atoms with Crippen molar-refractivity contribution in [3.05, 3.63) is 70.8 Å². The van der Waals surface area contributed by atoms with Crippen molar-refractivity contribution in [2.45, 2.75) is 84.5 Å². The first-order valence-corrected chi connectivity index (χ1v) is 18.9. The fourth-order valence-corrected chi connectivity index (χ4v) is 7.48. The number of hydrogen-bond donors (Lipinski definition) is 1. The van der Waals surface area contributed by atoms with Crippen LogP contribution in [0.3, 0.4) is 0 Å². The second kappa shape index (κ2) is 21.5. The summed E-state index contributed by atoms with van der Waals surface area (Å²) in [5, 5.41) is 22.3. The van der Waals surface area contributed by atoms with Crippen LogP contribution in [0.15, 0.2) is 60.8 Å². The van der Waals surface area contributed by atoms with Crippen LogP contribution in [-0.4, -0.2) is 56.4 Å². The molecule has 2 heterocycles. The van der Waals surface area contributed by atoms with E-state index in [9.17, 15) is 14.4 Å². The van der Waals surface area contributed by atoms with Crippen LogP contribution in [0.1, 0.15) is 81.7 Å². The molecule has 2 aromatic rings. The number of carbonyl (C=O) groups excluding carboxylic acids is 3. The Kier molecular flexibility index (Phi) is 17.4. The highest BCUT2D eigenvalue weighted by molar-refractivity contribution is 7.99. The molecular weight excluding hydrogens is 653 g/mol. The minimum Gasteiger partial charge on any atom is -0.444 e. The Bertz CT molecular complexity index is 1420. The van der Waals surface area contributed by atoms with Crippen molar-refractivity contribution in [1.29, 1.82) is 0 Å². The number of aromatic nitrogens is 4.